The molecule has 2 N–H and O–H groups in total. The first-order valence-corrected chi connectivity index (χ1v) is 6.34. The maximum absolute atomic E-state index is 10.7. The van der Waals surface area contributed by atoms with Crippen LogP contribution in [0.1, 0.15) is 31.9 Å². The lowest BCUT2D eigenvalue weighted by molar-refractivity contribution is -0.384. The summed E-state index contributed by atoms with van der Waals surface area (Å²) < 4.78 is 1.43. The number of aromatic nitrogens is 2. The van der Waals surface area contributed by atoms with Crippen molar-refractivity contribution in [2.24, 2.45) is 0 Å². The van der Waals surface area contributed by atoms with Crippen molar-refractivity contribution in [2.45, 2.75) is 32.7 Å². The maximum Gasteiger partial charge on any atom is 0.330 e. The van der Waals surface area contributed by atoms with Gasteiger partial charge < -0.3 is 5.73 Å². The van der Waals surface area contributed by atoms with Crippen LogP contribution >= 0.6 is 0 Å². The standard InChI is InChI=1S/C14H18N4O2/c1-14(2,3)11-6-4-10(5-7-11)9-17-13(15)12(8-16-17)18(19)20/h4-8H,9,15H2,1-3H3. The molecule has 6 nitrogen and oxygen atoms in total. The fraction of sp³-hybridized carbons (Fsp3) is 0.357. The fourth-order valence-electron chi connectivity index (χ4n) is 1.93. The Labute approximate surface area is 117 Å². The number of hydrogen-bond donors (Lipinski definition) is 1. The third-order valence-corrected chi connectivity index (χ3v) is 3.21. The lowest BCUT2D eigenvalue weighted by Crippen LogP contribution is -2.11. The fourth-order valence-corrected chi connectivity index (χ4v) is 1.93. The van der Waals surface area contributed by atoms with Crippen LogP contribution in [0.5, 0.6) is 0 Å². The topological polar surface area (TPSA) is 87.0 Å². The van der Waals surface area contributed by atoms with E-state index < -0.39 is 4.92 Å². The second kappa shape index (κ2) is 4.96. The van der Waals surface area contributed by atoms with E-state index in [4.69, 9.17) is 5.73 Å². The van der Waals surface area contributed by atoms with Crippen molar-refractivity contribution in [3.63, 3.8) is 0 Å². The van der Waals surface area contributed by atoms with E-state index in [1.807, 2.05) is 12.1 Å². The van der Waals surface area contributed by atoms with Crippen LogP contribution in [0.4, 0.5) is 11.5 Å². The second-order valence-corrected chi connectivity index (χ2v) is 5.78. The highest BCUT2D eigenvalue weighted by atomic mass is 16.6. The molecule has 0 fully saturated rings. The monoisotopic (exact) mass is 274 g/mol. The molecule has 0 bridgehead atoms. The number of nitrogen functional groups attached to an aromatic ring is 1. The van der Waals surface area contributed by atoms with Crippen molar-refractivity contribution >= 4 is 11.5 Å². The first-order chi connectivity index (χ1) is 9.29. The molecule has 0 saturated carbocycles. The summed E-state index contributed by atoms with van der Waals surface area (Å²) >= 11 is 0. The van der Waals surface area contributed by atoms with Gasteiger partial charge in [0.25, 0.3) is 0 Å². The molecule has 1 aromatic heterocycles. The summed E-state index contributed by atoms with van der Waals surface area (Å²) in [5, 5.41) is 14.7. The smallest absolute Gasteiger partial charge is 0.330 e. The van der Waals surface area contributed by atoms with E-state index in [9.17, 15) is 10.1 Å². The van der Waals surface area contributed by atoms with E-state index in [2.05, 4.69) is 38.0 Å². The maximum atomic E-state index is 10.7. The first kappa shape index (κ1) is 14.0. The van der Waals surface area contributed by atoms with E-state index in [1.54, 1.807) is 0 Å². The summed E-state index contributed by atoms with van der Waals surface area (Å²) in [5.41, 5.74) is 7.89. The predicted octanol–water partition coefficient (Wildman–Crippen LogP) is 2.72. The highest BCUT2D eigenvalue weighted by Gasteiger charge is 2.18. The Morgan fingerprint density at radius 2 is 1.90 bits per heavy atom. The Kier molecular flexibility index (Phi) is 3.48. The Morgan fingerprint density at radius 3 is 2.35 bits per heavy atom. The van der Waals surface area contributed by atoms with Crippen molar-refractivity contribution < 1.29 is 4.92 Å². The molecule has 0 spiro atoms. The van der Waals surface area contributed by atoms with E-state index >= 15 is 0 Å². The summed E-state index contributed by atoms with van der Waals surface area (Å²) in [6, 6.07) is 8.11. The van der Waals surface area contributed by atoms with Crippen LogP contribution in [-0.4, -0.2) is 14.7 Å². The minimum Gasteiger partial charge on any atom is -0.378 e. The Hall–Kier alpha value is -2.37. The Balaban J connectivity index is 2.21. The van der Waals surface area contributed by atoms with Crippen LogP contribution in [0.2, 0.25) is 0 Å². The molecular formula is C14H18N4O2. The van der Waals surface area contributed by atoms with Crippen molar-refractivity contribution in [1.82, 2.24) is 9.78 Å². The van der Waals surface area contributed by atoms with Gasteiger partial charge in [0, 0.05) is 0 Å². The number of nitrogens with two attached hydrogens (primary N) is 1. The summed E-state index contributed by atoms with van der Waals surface area (Å²) in [6.45, 7) is 6.87. The summed E-state index contributed by atoms with van der Waals surface area (Å²) in [7, 11) is 0. The van der Waals surface area contributed by atoms with Crippen LogP contribution in [-0.2, 0) is 12.0 Å². The molecule has 106 valence electrons. The Morgan fingerprint density at radius 1 is 1.30 bits per heavy atom. The lowest BCUT2D eigenvalue weighted by Gasteiger charge is -2.19. The molecule has 0 atom stereocenters. The van der Waals surface area contributed by atoms with Gasteiger partial charge in [0.1, 0.15) is 6.20 Å². The molecule has 2 aromatic rings. The number of nitrogens with zero attached hydrogens (tertiary/aromatic N) is 3. The number of benzene rings is 1. The average Bonchev–Trinajstić information content (AvgIpc) is 2.71. The molecule has 2 rings (SSSR count). The number of anilines is 1. The summed E-state index contributed by atoms with van der Waals surface area (Å²) in [5.74, 6) is 0.0786. The SMILES string of the molecule is CC(C)(C)c1ccc(Cn2ncc([N+](=O)[O-])c2N)cc1. The van der Waals surface area contributed by atoms with Gasteiger partial charge in [-0.2, -0.15) is 5.10 Å². The van der Waals surface area contributed by atoms with Crippen LogP contribution in [0.15, 0.2) is 30.5 Å². The highest BCUT2D eigenvalue weighted by Crippen LogP contribution is 2.24. The number of nitro groups is 1. The zero-order valence-corrected chi connectivity index (χ0v) is 11.8. The summed E-state index contributed by atoms with van der Waals surface area (Å²) in [4.78, 5) is 10.2. The van der Waals surface area contributed by atoms with Crippen LogP contribution in [0.3, 0.4) is 0 Å². The predicted molar refractivity (Wildman–Crippen MR) is 77.5 cm³/mol. The first-order valence-electron chi connectivity index (χ1n) is 6.34. The molecule has 20 heavy (non-hydrogen) atoms. The molecule has 0 radical (unpaired) electrons. The molecule has 1 heterocycles. The second-order valence-electron chi connectivity index (χ2n) is 5.78. The lowest BCUT2D eigenvalue weighted by atomic mass is 9.87. The van der Waals surface area contributed by atoms with Crippen molar-refractivity contribution in [3.05, 3.63) is 51.7 Å². The normalized spacial score (nSPS) is 11.6. The van der Waals surface area contributed by atoms with Crippen LogP contribution in [0.25, 0.3) is 0 Å². The van der Waals surface area contributed by atoms with Gasteiger partial charge in [0.15, 0.2) is 0 Å². The van der Waals surface area contributed by atoms with Gasteiger partial charge in [-0.25, -0.2) is 4.68 Å². The molecular weight excluding hydrogens is 256 g/mol. The van der Waals surface area contributed by atoms with Crippen LogP contribution < -0.4 is 5.73 Å². The largest absolute Gasteiger partial charge is 0.378 e. The minimum atomic E-state index is -0.526. The van der Waals surface area contributed by atoms with E-state index in [0.717, 1.165) is 5.56 Å². The molecule has 0 unspecified atom stereocenters. The van der Waals surface area contributed by atoms with Crippen molar-refractivity contribution in [1.29, 1.82) is 0 Å². The van der Waals surface area contributed by atoms with E-state index in [1.165, 1.54) is 16.4 Å². The van der Waals surface area contributed by atoms with E-state index in [0.29, 0.717) is 6.54 Å². The molecule has 0 saturated heterocycles. The molecule has 0 aliphatic carbocycles. The van der Waals surface area contributed by atoms with Gasteiger partial charge in [-0.05, 0) is 16.5 Å². The van der Waals surface area contributed by atoms with Crippen LogP contribution in [0, 0.1) is 10.1 Å². The van der Waals surface area contributed by atoms with Gasteiger partial charge in [0.05, 0.1) is 11.5 Å². The quantitative estimate of drug-likeness (QED) is 0.688. The third kappa shape index (κ3) is 2.79. The van der Waals surface area contributed by atoms with Gasteiger partial charge in [0.2, 0.25) is 5.82 Å². The van der Waals surface area contributed by atoms with Gasteiger partial charge in [-0.3, -0.25) is 10.1 Å². The Bertz CT molecular complexity index is 624. The zero-order valence-electron chi connectivity index (χ0n) is 11.8. The number of hydrogen-bond acceptors (Lipinski definition) is 4. The number of rotatable bonds is 3. The van der Waals surface area contributed by atoms with Gasteiger partial charge in [-0.1, -0.05) is 45.0 Å². The molecule has 0 aliphatic heterocycles. The third-order valence-electron chi connectivity index (χ3n) is 3.21. The average molecular weight is 274 g/mol. The zero-order chi connectivity index (χ0) is 14.9. The minimum absolute atomic E-state index is 0.0786. The van der Waals surface area contributed by atoms with Gasteiger partial charge >= 0.3 is 5.69 Å². The molecule has 1 aromatic carbocycles. The summed E-state index contributed by atoms with van der Waals surface area (Å²) in [6.07, 6.45) is 1.18. The van der Waals surface area contributed by atoms with Crippen molar-refractivity contribution in [2.75, 3.05) is 5.73 Å². The molecule has 0 amide bonds. The highest BCUT2D eigenvalue weighted by molar-refractivity contribution is 5.51. The molecule has 0 aliphatic rings. The molecule has 6 heteroatoms. The van der Waals surface area contributed by atoms with E-state index in [-0.39, 0.29) is 16.9 Å². The van der Waals surface area contributed by atoms with Crippen molar-refractivity contribution in [3.8, 4) is 0 Å². The van der Waals surface area contributed by atoms with Gasteiger partial charge in [-0.15, -0.1) is 0 Å².